The van der Waals surface area contributed by atoms with E-state index >= 15 is 0 Å². The fourth-order valence-corrected chi connectivity index (χ4v) is 3.30. The molecule has 2 N–H and O–H groups in total. The van der Waals surface area contributed by atoms with Crippen LogP contribution in [-0.2, 0) is 4.79 Å². The summed E-state index contributed by atoms with van der Waals surface area (Å²) in [6.45, 7) is 5.55. The fourth-order valence-electron chi connectivity index (χ4n) is 2.37. The van der Waals surface area contributed by atoms with E-state index in [9.17, 15) is 4.79 Å². The van der Waals surface area contributed by atoms with Gasteiger partial charge in [0, 0.05) is 24.8 Å². The third kappa shape index (κ3) is 4.10. The lowest BCUT2D eigenvalue weighted by atomic mass is 10.2. The maximum absolute atomic E-state index is 12.4. The highest BCUT2D eigenvalue weighted by Crippen LogP contribution is 2.23. The molecule has 0 aliphatic carbocycles. The molecule has 2 heterocycles. The van der Waals surface area contributed by atoms with Crippen molar-refractivity contribution < 1.29 is 4.79 Å². The molecule has 20 heavy (non-hydrogen) atoms. The molecule has 0 aromatic carbocycles. The number of hydrogen-bond donors (Lipinski definition) is 1. The van der Waals surface area contributed by atoms with E-state index in [1.54, 1.807) is 6.07 Å². The molecule has 110 valence electrons. The highest BCUT2D eigenvalue weighted by molar-refractivity contribution is 8.00. The van der Waals surface area contributed by atoms with Gasteiger partial charge in [-0.2, -0.15) is 0 Å². The van der Waals surface area contributed by atoms with Gasteiger partial charge in [0.1, 0.15) is 5.82 Å². The van der Waals surface area contributed by atoms with Crippen molar-refractivity contribution in [1.82, 2.24) is 14.9 Å². The first-order valence-electron chi connectivity index (χ1n) is 7.13. The number of thioether (sulfide) groups is 1. The van der Waals surface area contributed by atoms with Crippen molar-refractivity contribution >= 4 is 23.5 Å². The van der Waals surface area contributed by atoms with Crippen molar-refractivity contribution in [2.75, 3.05) is 18.8 Å². The number of nitrogens with zero attached hydrogens (tertiary/aromatic N) is 3. The van der Waals surface area contributed by atoms with E-state index in [1.165, 1.54) is 24.6 Å². The van der Waals surface area contributed by atoms with Crippen LogP contribution in [0.5, 0.6) is 0 Å². The minimum absolute atomic E-state index is 0.172. The molecule has 1 aliphatic rings. The molecule has 1 fully saturated rings. The first-order chi connectivity index (χ1) is 9.56. The van der Waals surface area contributed by atoms with Crippen molar-refractivity contribution in [2.24, 2.45) is 0 Å². The van der Waals surface area contributed by atoms with Gasteiger partial charge in [-0.05, 0) is 26.7 Å². The molecule has 1 aromatic heterocycles. The SMILES string of the molecule is Cc1cc(N)nc(S[C@@H](C)C(=O)N2CCCCCC2)n1. The summed E-state index contributed by atoms with van der Waals surface area (Å²) < 4.78 is 0. The fraction of sp³-hybridized carbons (Fsp3) is 0.643. The Labute approximate surface area is 124 Å². The van der Waals surface area contributed by atoms with Gasteiger partial charge in [0.15, 0.2) is 5.16 Å². The van der Waals surface area contributed by atoms with Crippen molar-refractivity contribution in [3.63, 3.8) is 0 Å². The molecular weight excluding hydrogens is 272 g/mol. The number of aromatic nitrogens is 2. The van der Waals surface area contributed by atoms with Crippen LogP contribution in [0.2, 0.25) is 0 Å². The molecule has 1 amide bonds. The summed E-state index contributed by atoms with van der Waals surface area (Å²) in [5.41, 5.74) is 6.54. The van der Waals surface area contributed by atoms with Gasteiger partial charge in [-0.1, -0.05) is 24.6 Å². The number of likely N-dealkylation sites (tertiary alicyclic amines) is 1. The van der Waals surface area contributed by atoms with Crippen molar-refractivity contribution in [3.05, 3.63) is 11.8 Å². The van der Waals surface area contributed by atoms with Crippen LogP contribution in [-0.4, -0.2) is 39.1 Å². The summed E-state index contributed by atoms with van der Waals surface area (Å²) in [6.07, 6.45) is 4.67. The summed E-state index contributed by atoms with van der Waals surface area (Å²) in [7, 11) is 0. The van der Waals surface area contributed by atoms with E-state index in [2.05, 4.69) is 9.97 Å². The molecule has 2 rings (SSSR count). The van der Waals surface area contributed by atoms with Gasteiger partial charge in [-0.25, -0.2) is 9.97 Å². The molecule has 5 nitrogen and oxygen atoms in total. The first-order valence-corrected chi connectivity index (χ1v) is 8.01. The number of carbonyl (C=O) groups is 1. The number of aryl methyl sites for hydroxylation is 1. The Balaban J connectivity index is 1.99. The highest BCUT2D eigenvalue weighted by atomic mass is 32.2. The van der Waals surface area contributed by atoms with Crippen molar-refractivity contribution in [2.45, 2.75) is 49.9 Å². The van der Waals surface area contributed by atoms with Crippen LogP contribution in [0.15, 0.2) is 11.2 Å². The number of rotatable bonds is 3. The second-order valence-corrected chi connectivity index (χ2v) is 6.52. The molecule has 1 atom stereocenters. The standard InChI is InChI=1S/C14H22N4OS/c1-10-9-12(15)17-14(16-10)20-11(2)13(19)18-7-5-3-4-6-8-18/h9,11H,3-8H2,1-2H3,(H2,15,16,17)/t11-/m0/s1. The van der Waals surface area contributed by atoms with Crippen LogP contribution in [0.1, 0.15) is 38.3 Å². The van der Waals surface area contributed by atoms with Gasteiger partial charge in [-0.3, -0.25) is 4.79 Å². The first kappa shape index (κ1) is 15.1. The Morgan fingerprint density at radius 3 is 2.55 bits per heavy atom. The quantitative estimate of drug-likeness (QED) is 0.684. The molecule has 0 bridgehead atoms. The lowest BCUT2D eigenvalue weighted by molar-refractivity contribution is -0.130. The molecule has 1 aromatic rings. The Morgan fingerprint density at radius 1 is 1.30 bits per heavy atom. The Kier molecular flexibility index (Phi) is 5.23. The molecule has 1 aliphatic heterocycles. The topological polar surface area (TPSA) is 72.1 Å². The molecule has 1 saturated heterocycles. The Hall–Kier alpha value is -1.30. The molecular formula is C14H22N4OS. The van der Waals surface area contributed by atoms with E-state index in [0.29, 0.717) is 11.0 Å². The van der Waals surface area contributed by atoms with E-state index < -0.39 is 0 Å². The van der Waals surface area contributed by atoms with Crippen LogP contribution >= 0.6 is 11.8 Å². The molecule has 0 spiro atoms. The van der Waals surface area contributed by atoms with Gasteiger partial charge in [0.05, 0.1) is 5.25 Å². The second-order valence-electron chi connectivity index (χ2n) is 5.22. The average Bonchev–Trinajstić information content (AvgIpc) is 2.65. The Bertz CT molecular complexity index is 452. The third-order valence-corrected chi connectivity index (χ3v) is 4.35. The predicted octanol–water partition coefficient (Wildman–Crippen LogP) is 2.25. The normalized spacial score (nSPS) is 17.6. The van der Waals surface area contributed by atoms with Gasteiger partial charge >= 0.3 is 0 Å². The van der Waals surface area contributed by atoms with E-state index in [1.807, 2.05) is 18.7 Å². The van der Waals surface area contributed by atoms with Gasteiger partial charge < -0.3 is 10.6 Å². The summed E-state index contributed by atoms with van der Waals surface area (Å²) in [5.74, 6) is 0.634. The minimum atomic E-state index is -0.172. The van der Waals surface area contributed by atoms with Crippen LogP contribution in [0.3, 0.4) is 0 Å². The van der Waals surface area contributed by atoms with Gasteiger partial charge in [0.2, 0.25) is 5.91 Å². The summed E-state index contributed by atoms with van der Waals surface area (Å²) in [6, 6.07) is 1.73. The molecule has 0 radical (unpaired) electrons. The van der Waals surface area contributed by atoms with E-state index in [4.69, 9.17) is 5.73 Å². The van der Waals surface area contributed by atoms with Crippen LogP contribution in [0, 0.1) is 6.92 Å². The van der Waals surface area contributed by atoms with Crippen molar-refractivity contribution in [3.8, 4) is 0 Å². The zero-order chi connectivity index (χ0) is 14.5. The number of amides is 1. The van der Waals surface area contributed by atoms with Crippen LogP contribution < -0.4 is 5.73 Å². The maximum atomic E-state index is 12.4. The molecule has 0 saturated carbocycles. The number of nitrogen functional groups attached to an aromatic ring is 1. The maximum Gasteiger partial charge on any atom is 0.235 e. The lowest BCUT2D eigenvalue weighted by Crippen LogP contribution is -2.37. The third-order valence-electron chi connectivity index (χ3n) is 3.40. The predicted molar refractivity (Wildman–Crippen MR) is 81.5 cm³/mol. The van der Waals surface area contributed by atoms with Crippen LogP contribution in [0.25, 0.3) is 0 Å². The smallest absolute Gasteiger partial charge is 0.235 e. The van der Waals surface area contributed by atoms with Gasteiger partial charge in [-0.15, -0.1) is 0 Å². The second kappa shape index (κ2) is 6.92. The summed E-state index contributed by atoms with van der Waals surface area (Å²) >= 11 is 1.39. The van der Waals surface area contributed by atoms with Gasteiger partial charge in [0.25, 0.3) is 0 Å². The largest absolute Gasteiger partial charge is 0.384 e. The minimum Gasteiger partial charge on any atom is -0.384 e. The van der Waals surface area contributed by atoms with Crippen LogP contribution in [0.4, 0.5) is 5.82 Å². The Morgan fingerprint density at radius 2 is 1.95 bits per heavy atom. The summed E-state index contributed by atoms with van der Waals surface area (Å²) in [4.78, 5) is 22.9. The van der Waals surface area contributed by atoms with E-state index in [0.717, 1.165) is 31.6 Å². The number of carbonyl (C=O) groups excluding carboxylic acids is 1. The number of anilines is 1. The zero-order valence-corrected chi connectivity index (χ0v) is 12.9. The lowest BCUT2D eigenvalue weighted by Gasteiger charge is -2.23. The average molecular weight is 294 g/mol. The monoisotopic (exact) mass is 294 g/mol. The highest BCUT2D eigenvalue weighted by Gasteiger charge is 2.23. The zero-order valence-electron chi connectivity index (χ0n) is 12.1. The van der Waals surface area contributed by atoms with E-state index in [-0.39, 0.29) is 11.2 Å². The number of nitrogens with two attached hydrogens (primary N) is 1. The molecule has 6 heteroatoms. The number of hydrogen-bond acceptors (Lipinski definition) is 5. The van der Waals surface area contributed by atoms with Crippen molar-refractivity contribution in [1.29, 1.82) is 0 Å². The summed E-state index contributed by atoms with van der Waals surface area (Å²) in [5, 5.41) is 0.410. The molecule has 0 unspecified atom stereocenters.